The Bertz CT molecular complexity index is 1180. The quantitative estimate of drug-likeness (QED) is 0.329. The first kappa shape index (κ1) is 32.2. The molecule has 4 rings (SSSR count). The van der Waals surface area contributed by atoms with Gasteiger partial charge in [0.25, 0.3) is 5.69 Å². The molecule has 2 aliphatic rings. The molecule has 41 heavy (non-hydrogen) atoms. The van der Waals surface area contributed by atoms with E-state index in [-0.39, 0.29) is 24.8 Å². The zero-order valence-corrected chi connectivity index (χ0v) is 23.3. The summed E-state index contributed by atoms with van der Waals surface area (Å²) in [6.07, 6.45) is -3.22. The molecule has 0 aromatic heterocycles. The van der Waals surface area contributed by atoms with E-state index in [1.54, 1.807) is 4.90 Å². The Hall–Kier alpha value is -3.34. The van der Waals surface area contributed by atoms with Crippen LogP contribution in [0.25, 0.3) is 0 Å². The predicted molar refractivity (Wildman–Crippen MR) is 157 cm³/mol. The molecule has 226 valence electrons. The first-order valence-corrected chi connectivity index (χ1v) is 13.8. The zero-order valence-electron chi connectivity index (χ0n) is 23.3. The number of nitrogens with one attached hydrogen (secondary N) is 1. The van der Waals surface area contributed by atoms with Gasteiger partial charge in [-0.25, -0.2) is 0 Å². The summed E-state index contributed by atoms with van der Waals surface area (Å²) >= 11 is 0. The molecule has 8 nitrogen and oxygen atoms in total. The van der Waals surface area contributed by atoms with Crippen molar-refractivity contribution in [1.29, 1.82) is 0 Å². The van der Waals surface area contributed by atoms with Gasteiger partial charge < -0.3 is 15.1 Å². The maximum absolute atomic E-state index is 13.3. The summed E-state index contributed by atoms with van der Waals surface area (Å²) in [7, 11) is 0. The number of amides is 1. The van der Waals surface area contributed by atoms with Crippen LogP contribution in [-0.2, 0) is 16.4 Å². The lowest BCUT2D eigenvalue weighted by Gasteiger charge is -2.36. The normalized spacial score (nSPS) is 17.2. The zero-order chi connectivity index (χ0) is 29.1. The Labute approximate surface area is 240 Å². The molecule has 1 N–H and O–H groups in total. The van der Waals surface area contributed by atoms with E-state index in [0.717, 1.165) is 38.3 Å². The van der Waals surface area contributed by atoms with Crippen LogP contribution < -0.4 is 15.1 Å². The number of carbonyl (C=O) groups is 1. The first-order chi connectivity index (χ1) is 18.8. The number of piperidine rings is 1. The second-order valence-electron chi connectivity index (χ2n) is 11.7. The van der Waals surface area contributed by atoms with E-state index < -0.39 is 22.4 Å². The van der Waals surface area contributed by atoms with Crippen molar-refractivity contribution in [3.05, 3.63) is 63.7 Å². The number of alkyl halides is 3. The molecule has 0 spiro atoms. The minimum absolute atomic E-state index is 0. The minimum atomic E-state index is -4.81. The van der Waals surface area contributed by atoms with Crippen LogP contribution in [0.1, 0.15) is 58.6 Å². The molecule has 2 fully saturated rings. The molecule has 11 heteroatoms. The number of carbonyl (C=O) groups excluding carboxylic acids is 1. The number of nitro groups is 1. The molecule has 0 aliphatic carbocycles. The third-order valence-electron chi connectivity index (χ3n) is 7.83. The van der Waals surface area contributed by atoms with Crippen molar-refractivity contribution < 1.29 is 22.9 Å². The standard InChI is InChI=1S/C29H38F3N5O3.CH4/c1-28(2,3)21-4-6-23(7-5-21)36-18-16-34(17-19-36)13-12-27(38)33-22-10-14-35(15-11-22)24-8-9-26(37(39)40)25(20-24)29(30,31)32;/h4-9,20,22H,10-19H2,1-3H3,(H,33,38);1H4. The van der Waals surface area contributed by atoms with Gasteiger partial charge >= 0.3 is 6.18 Å². The van der Waals surface area contributed by atoms with Crippen LogP contribution >= 0.6 is 0 Å². The van der Waals surface area contributed by atoms with Crippen molar-refractivity contribution >= 4 is 23.0 Å². The highest BCUT2D eigenvalue weighted by molar-refractivity contribution is 5.76. The summed E-state index contributed by atoms with van der Waals surface area (Å²) < 4.78 is 40.0. The molecule has 1 amide bonds. The number of piperazine rings is 1. The number of hydrogen-bond donors (Lipinski definition) is 1. The van der Waals surface area contributed by atoms with Gasteiger partial charge in [-0.3, -0.25) is 19.8 Å². The van der Waals surface area contributed by atoms with Gasteiger partial charge in [-0.05, 0) is 48.1 Å². The number of nitrogens with zero attached hydrogens (tertiary/aromatic N) is 4. The summed E-state index contributed by atoms with van der Waals surface area (Å²) in [5, 5.41) is 14.1. The van der Waals surface area contributed by atoms with E-state index in [4.69, 9.17) is 0 Å². The third-order valence-corrected chi connectivity index (χ3v) is 7.83. The minimum Gasteiger partial charge on any atom is -0.371 e. The lowest BCUT2D eigenvalue weighted by Crippen LogP contribution is -2.48. The number of halogens is 3. The van der Waals surface area contributed by atoms with Gasteiger partial charge in [0.15, 0.2) is 0 Å². The average Bonchev–Trinajstić information content (AvgIpc) is 2.91. The van der Waals surface area contributed by atoms with Crippen LogP contribution in [0.5, 0.6) is 0 Å². The van der Waals surface area contributed by atoms with Gasteiger partial charge in [-0.1, -0.05) is 40.3 Å². The molecule has 2 aromatic carbocycles. The van der Waals surface area contributed by atoms with Gasteiger partial charge in [0, 0.05) is 75.7 Å². The van der Waals surface area contributed by atoms with Crippen molar-refractivity contribution in [3.63, 3.8) is 0 Å². The summed E-state index contributed by atoms with van der Waals surface area (Å²) in [5.41, 5.74) is 0.766. The molecule has 0 unspecified atom stereocenters. The number of nitro benzene ring substituents is 1. The summed E-state index contributed by atoms with van der Waals surface area (Å²) in [6.45, 7) is 11.8. The summed E-state index contributed by atoms with van der Waals surface area (Å²) in [4.78, 5) is 29.1. The highest BCUT2D eigenvalue weighted by Gasteiger charge is 2.39. The fourth-order valence-electron chi connectivity index (χ4n) is 5.35. The molecule has 0 saturated carbocycles. The topological polar surface area (TPSA) is 82.0 Å². The molecule has 2 saturated heterocycles. The van der Waals surface area contributed by atoms with Crippen LogP contribution in [0, 0.1) is 10.1 Å². The lowest BCUT2D eigenvalue weighted by molar-refractivity contribution is -0.388. The largest absolute Gasteiger partial charge is 0.423 e. The van der Waals surface area contributed by atoms with Gasteiger partial charge in [-0.2, -0.15) is 13.2 Å². The van der Waals surface area contributed by atoms with Gasteiger partial charge in [0.05, 0.1) is 4.92 Å². The molecule has 2 aromatic rings. The molecule has 0 bridgehead atoms. The van der Waals surface area contributed by atoms with Gasteiger partial charge in [0.2, 0.25) is 5.91 Å². The van der Waals surface area contributed by atoms with E-state index >= 15 is 0 Å². The number of hydrogen-bond acceptors (Lipinski definition) is 6. The summed E-state index contributed by atoms with van der Waals surface area (Å²) in [6, 6.07) is 11.8. The van der Waals surface area contributed by atoms with Crippen LogP contribution in [0.3, 0.4) is 0 Å². The predicted octanol–water partition coefficient (Wildman–Crippen LogP) is 5.84. The average molecular weight is 578 g/mol. The van der Waals surface area contributed by atoms with Crippen LogP contribution in [0.2, 0.25) is 0 Å². The number of anilines is 2. The Balaban J connectivity index is 0.00000462. The molecule has 2 heterocycles. The number of benzene rings is 2. The Kier molecular flexibility index (Phi) is 10.3. The summed E-state index contributed by atoms with van der Waals surface area (Å²) in [5.74, 6) is -0.0201. The molecular formula is C30H42F3N5O3. The smallest absolute Gasteiger partial charge is 0.371 e. The van der Waals surface area contributed by atoms with Crippen molar-refractivity contribution in [2.75, 3.05) is 55.6 Å². The lowest BCUT2D eigenvalue weighted by atomic mass is 9.87. The Morgan fingerprint density at radius 2 is 1.49 bits per heavy atom. The monoisotopic (exact) mass is 577 g/mol. The van der Waals surface area contributed by atoms with E-state index in [1.807, 2.05) is 0 Å². The van der Waals surface area contributed by atoms with Crippen molar-refractivity contribution in [1.82, 2.24) is 10.2 Å². The van der Waals surface area contributed by atoms with Crippen molar-refractivity contribution in [2.24, 2.45) is 0 Å². The fraction of sp³-hybridized carbons (Fsp3) is 0.567. The molecule has 2 aliphatic heterocycles. The van der Waals surface area contributed by atoms with E-state index in [9.17, 15) is 28.1 Å². The van der Waals surface area contributed by atoms with Crippen LogP contribution in [-0.4, -0.2) is 67.6 Å². The highest BCUT2D eigenvalue weighted by atomic mass is 19.4. The van der Waals surface area contributed by atoms with Crippen molar-refractivity contribution in [3.8, 4) is 0 Å². The molecular weight excluding hydrogens is 535 g/mol. The number of rotatable bonds is 7. The highest BCUT2D eigenvalue weighted by Crippen LogP contribution is 2.38. The third kappa shape index (κ3) is 8.34. The van der Waals surface area contributed by atoms with Gasteiger partial charge in [0.1, 0.15) is 5.56 Å². The van der Waals surface area contributed by atoms with E-state index in [2.05, 4.69) is 60.2 Å². The first-order valence-electron chi connectivity index (χ1n) is 13.8. The second kappa shape index (κ2) is 13.1. The maximum Gasteiger partial charge on any atom is 0.423 e. The second-order valence-corrected chi connectivity index (χ2v) is 11.7. The van der Waals surface area contributed by atoms with Crippen LogP contribution in [0.15, 0.2) is 42.5 Å². The van der Waals surface area contributed by atoms with E-state index in [0.29, 0.717) is 44.6 Å². The van der Waals surface area contributed by atoms with Gasteiger partial charge in [-0.15, -0.1) is 0 Å². The SMILES string of the molecule is C.CC(C)(C)c1ccc(N2CCN(CCC(=O)NC3CCN(c4ccc([N+](=O)[O-])c(C(F)(F)F)c4)CC3)CC2)cc1. The fourth-order valence-corrected chi connectivity index (χ4v) is 5.35. The Morgan fingerprint density at radius 1 is 0.927 bits per heavy atom. The Morgan fingerprint density at radius 3 is 2.02 bits per heavy atom. The maximum atomic E-state index is 13.3. The van der Waals surface area contributed by atoms with Crippen LogP contribution in [0.4, 0.5) is 30.2 Å². The van der Waals surface area contributed by atoms with E-state index in [1.165, 1.54) is 17.3 Å². The van der Waals surface area contributed by atoms with Crippen molar-refractivity contribution in [2.45, 2.75) is 65.1 Å². The molecule has 0 radical (unpaired) electrons. The molecule has 0 atom stereocenters.